The van der Waals surface area contributed by atoms with Gasteiger partial charge in [0.15, 0.2) is 6.61 Å². The molecule has 178 valence electrons. The molecule has 0 aliphatic carbocycles. The van der Waals surface area contributed by atoms with E-state index in [1.54, 1.807) is 31.4 Å². The molecular weight excluding hydrogens is 440 g/mol. The highest BCUT2D eigenvalue weighted by Crippen LogP contribution is 2.27. The number of nitrogens with zero attached hydrogens (tertiary/aromatic N) is 3. The minimum Gasteiger partial charge on any atom is -0.497 e. The van der Waals surface area contributed by atoms with Gasteiger partial charge in [-0.25, -0.2) is 4.98 Å². The lowest BCUT2D eigenvalue weighted by molar-refractivity contribution is -0.118. The molecule has 1 aliphatic heterocycles. The van der Waals surface area contributed by atoms with Gasteiger partial charge in [0.25, 0.3) is 5.91 Å². The first-order valence-corrected chi connectivity index (χ1v) is 11.7. The summed E-state index contributed by atoms with van der Waals surface area (Å²) in [5, 5.41) is 3.82. The summed E-state index contributed by atoms with van der Waals surface area (Å²) in [6, 6.07) is 27.6. The second kappa shape index (κ2) is 10.3. The van der Waals surface area contributed by atoms with E-state index in [9.17, 15) is 4.79 Å². The lowest BCUT2D eigenvalue weighted by atomic mass is 10.2. The monoisotopic (exact) mass is 468 g/mol. The third-order valence-corrected chi connectivity index (χ3v) is 6.13. The van der Waals surface area contributed by atoms with Crippen LogP contribution in [0.5, 0.6) is 11.5 Å². The average Bonchev–Trinajstić information content (AvgIpc) is 2.92. The van der Waals surface area contributed by atoms with E-state index in [0.717, 1.165) is 48.6 Å². The van der Waals surface area contributed by atoms with Crippen LogP contribution < -0.4 is 24.6 Å². The Balaban J connectivity index is 1.24. The molecule has 1 fully saturated rings. The molecule has 0 radical (unpaired) electrons. The number of rotatable bonds is 7. The molecule has 1 N–H and O–H groups in total. The number of piperazine rings is 1. The van der Waals surface area contributed by atoms with Crippen LogP contribution in [-0.2, 0) is 4.79 Å². The molecule has 7 nitrogen and oxygen atoms in total. The second-order valence-electron chi connectivity index (χ2n) is 8.37. The summed E-state index contributed by atoms with van der Waals surface area (Å²) in [7, 11) is 1.61. The van der Waals surface area contributed by atoms with E-state index in [-0.39, 0.29) is 12.5 Å². The molecule has 4 aromatic rings. The minimum atomic E-state index is -0.236. The summed E-state index contributed by atoms with van der Waals surface area (Å²) in [6.07, 6.45) is 0. The highest BCUT2D eigenvalue weighted by atomic mass is 16.5. The highest BCUT2D eigenvalue weighted by molar-refractivity contribution is 5.92. The lowest BCUT2D eigenvalue weighted by Crippen LogP contribution is -2.46. The molecule has 0 bridgehead atoms. The number of carbonyl (C=O) groups excluding carboxylic acids is 1. The average molecular weight is 469 g/mol. The number of hydrogen-bond donors (Lipinski definition) is 1. The summed E-state index contributed by atoms with van der Waals surface area (Å²) < 4.78 is 11.0. The van der Waals surface area contributed by atoms with E-state index < -0.39 is 0 Å². The minimum absolute atomic E-state index is 0.104. The molecular formula is C28H28N4O3. The third kappa shape index (κ3) is 5.30. The maximum absolute atomic E-state index is 12.4. The summed E-state index contributed by atoms with van der Waals surface area (Å²) in [5.41, 5.74) is 2.70. The number of amides is 1. The fourth-order valence-corrected chi connectivity index (χ4v) is 4.25. The van der Waals surface area contributed by atoms with Crippen molar-refractivity contribution in [1.29, 1.82) is 0 Å². The SMILES string of the molecule is COc1ccc(NC(=O)COc2cccc3ccc(N4CCN(c5ccccc5)CC4)nc23)cc1. The number of anilines is 3. The Kier molecular flexibility index (Phi) is 6.66. The van der Waals surface area contributed by atoms with Crippen molar-refractivity contribution in [3.8, 4) is 11.5 Å². The molecule has 1 saturated heterocycles. The Morgan fingerprint density at radius 2 is 1.60 bits per heavy atom. The first kappa shape index (κ1) is 22.5. The van der Waals surface area contributed by atoms with Crippen LogP contribution >= 0.6 is 0 Å². The Labute approximate surface area is 204 Å². The number of carbonyl (C=O) groups is 1. The highest BCUT2D eigenvalue weighted by Gasteiger charge is 2.19. The topological polar surface area (TPSA) is 66.9 Å². The van der Waals surface area contributed by atoms with Crippen LogP contribution in [0.4, 0.5) is 17.2 Å². The Hall–Kier alpha value is -4.26. The smallest absolute Gasteiger partial charge is 0.262 e. The number of pyridine rings is 1. The van der Waals surface area contributed by atoms with Crippen molar-refractivity contribution in [3.05, 3.63) is 84.9 Å². The Morgan fingerprint density at radius 1 is 0.857 bits per heavy atom. The maximum atomic E-state index is 12.4. The number of fused-ring (bicyclic) bond motifs is 1. The number of aromatic nitrogens is 1. The van der Waals surface area contributed by atoms with Gasteiger partial charge in [0.2, 0.25) is 0 Å². The van der Waals surface area contributed by atoms with E-state index in [1.807, 2.05) is 24.3 Å². The van der Waals surface area contributed by atoms with Crippen LogP contribution in [0.15, 0.2) is 84.9 Å². The van der Waals surface area contributed by atoms with Crippen molar-refractivity contribution in [1.82, 2.24) is 4.98 Å². The first-order valence-electron chi connectivity index (χ1n) is 11.7. The number of hydrogen-bond acceptors (Lipinski definition) is 6. The molecule has 1 aliphatic rings. The van der Waals surface area contributed by atoms with Gasteiger partial charge in [0, 0.05) is 42.9 Å². The summed E-state index contributed by atoms with van der Waals surface area (Å²) >= 11 is 0. The lowest BCUT2D eigenvalue weighted by Gasteiger charge is -2.36. The normalized spacial score (nSPS) is 13.5. The molecule has 0 saturated carbocycles. The number of ether oxygens (including phenoxy) is 2. The van der Waals surface area contributed by atoms with Crippen molar-refractivity contribution in [3.63, 3.8) is 0 Å². The molecule has 0 unspecified atom stereocenters. The van der Waals surface area contributed by atoms with Crippen molar-refractivity contribution in [2.75, 3.05) is 55.0 Å². The predicted molar refractivity (Wildman–Crippen MR) is 140 cm³/mol. The van der Waals surface area contributed by atoms with Gasteiger partial charge in [0.05, 0.1) is 7.11 Å². The van der Waals surface area contributed by atoms with E-state index in [4.69, 9.17) is 14.5 Å². The van der Waals surface area contributed by atoms with Gasteiger partial charge in [-0.3, -0.25) is 4.79 Å². The number of nitrogens with one attached hydrogen (secondary N) is 1. The van der Waals surface area contributed by atoms with Crippen LogP contribution in [0.1, 0.15) is 0 Å². The largest absolute Gasteiger partial charge is 0.497 e. The Morgan fingerprint density at radius 3 is 2.34 bits per heavy atom. The molecule has 3 aromatic carbocycles. The van der Waals surface area contributed by atoms with Gasteiger partial charge in [-0.15, -0.1) is 0 Å². The fraction of sp³-hybridized carbons (Fsp3) is 0.214. The van der Waals surface area contributed by atoms with Crippen LogP contribution in [-0.4, -0.2) is 50.8 Å². The zero-order valence-corrected chi connectivity index (χ0v) is 19.7. The standard InChI is InChI=1S/C28H28N4O3/c1-34-24-13-11-22(12-14-24)29-27(33)20-35-25-9-5-6-21-10-15-26(30-28(21)25)32-18-16-31(17-19-32)23-7-3-2-4-8-23/h2-15H,16-20H2,1H3,(H,29,33). The van der Waals surface area contributed by atoms with Crippen LogP contribution in [0.3, 0.4) is 0 Å². The number of para-hydroxylation sites is 2. The molecule has 35 heavy (non-hydrogen) atoms. The van der Waals surface area contributed by atoms with E-state index in [1.165, 1.54) is 5.69 Å². The molecule has 5 rings (SSSR count). The van der Waals surface area contributed by atoms with Gasteiger partial charge < -0.3 is 24.6 Å². The van der Waals surface area contributed by atoms with E-state index in [0.29, 0.717) is 11.4 Å². The number of methoxy groups -OCH3 is 1. The molecule has 7 heteroatoms. The second-order valence-corrected chi connectivity index (χ2v) is 8.37. The van der Waals surface area contributed by atoms with Gasteiger partial charge >= 0.3 is 0 Å². The van der Waals surface area contributed by atoms with Gasteiger partial charge in [0.1, 0.15) is 22.8 Å². The van der Waals surface area contributed by atoms with E-state index >= 15 is 0 Å². The zero-order valence-electron chi connectivity index (χ0n) is 19.7. The quantitative estimate of drug-likeness (QED) is 0.428. The first-order chi connectivity index (χ1) is 17.2. The van der Waals surface area contributed by atoms with Crippen molar-refractivity contribution in [2.24, 2.45) is 0 Å². The van der Waals surface area contributed by atoms with E-state index in [2.05, 4.69) is 51.5 Å². The van der Waals surface area contributed by atoms with Crippen molar-refractivity contribution < 1.29 is 14.3 Å². The molecule has 1 aromatic heterocycles. The van der Waals surface area contributed by atoms with Gasteiger partial charge in [-0.1, -0.05) is 30.3 Å². The summed E-state index contributed by atoms with van der Waals surface area (Å²) in [6.45, 7) is 3.55. The molecule has 1 amide bonds. The molecule has 0 atom stereocenters. The van der Waals surface area contributed by atoms with Crippen LogP contribution in [0, 0.1) is 0 Å². The van der Waals surface area contributed by atoms with Crippen LogP contribution in [0.25, 0.3) is 10.9 Å². The van der Waals surface area contributed by atoms with Gasteiger partial charge in [-0.05, 0) is 54.6 Å². The molecule has 0 spiro atoms. The summed E-state index contributed by atoms with van der Waals surface area (Å²) in [5.74, 6) is 2.01. The van der Waals surface area contributed by atoms with Crippen LogP contribution in [0.2, 0.25) is 0 Å². The molecule has 2 heterocycles. The maximum Gasteiger partial charge on any atom is 0.262 e. The number of benzene rings is 3. The summed E-state index contributed by atoms with van der Waals surface area (Å²) in [4.78, 5) is 22.0. The predicted octanol–water partition coefficient (Wildman–Crippen LogP) is 4.59. The Bertz CT molecular complexity index is 1290. The zero-order chi connectivity index (χ0) is 24.0. The third-order valence-electron chi connectivity index (χ3n) is 6.13. The van der Waals surface area contributed by atoms with Crippen molar-refractivity contribution >= 4 is 34.0 Å². The van der Waals surface area contributed by atoms with Crippen molar-refractivity contribution in [2.45, 2.75) is 0 Å². The fourth-order valence-electron chi connectivity index (χ4n) is 4.25. The van der Waals surface area contributed by atoms with Gasteiger partial charge in [-0.2, -0.15) is 0 Å².